The predicted molar refractivity (Wildman–Crippen MR) is 92.2 cm³/mol. The molecule has 0 spiro atoms. The van der Waals surface area contributed by atoms with Crippen LogP contribution >= 0.6 is 11.3 Å². The van der Waals surface area contributed by atoms with E-state index in [1.54, 1.807) is 17.5 Å². The first-order valence-corrected chi connectivity index (χ1v) is 7.93. The zero-order chi connectivity index (χ0) is 14.9. The first kappa shape index (κ1) is 12.9. The predicted octanol–water partition coefficient (Wildman–Crippen LogP) is 4.87. The smallest absolute Gasteiger partial charge is 0.101 e. The second-order valence-corrected chi connectivity index (χ2v) is 6.10. The van der Waals surface area contributed by atoms with Crippen LogP contribution in [0.4, 0.5) is 5.69 Å². The van der Waals surface area contributed by atoms with Gasteiger partial charge in [0.15, 0.2) is 0 Å². The molecule has 0 radical (unpaired) electrons. The summed E-state index contributed by atoms with van der Waals surface area (Å²) in [5.41, 5.74) is 4.03. The van der Waals surface area contributed by atoms with Gasteiger partial charge in [0.05, 0.1) is 5.56 Å². The van der Waals surface area contributed by atoms with Gasteiger partial charge in [0.1, 0.15) is 6.07 Å². The Labute approximate surface area is 131 Å². The number of H-pyrrole nitrogens is 1. The number of nitrogens with one attached hydrogen (secondary N) is 2. The summed E-state index contributed by atoms with van der Waals surface area (Å²) in [6.45, 7) is 0.793. The molecule has 3 nitrogen and oxygen atoms in total. The lowest BCUT2D eigenvalue weighted by atomic mass is 10.1. The zero-order valence-corrected chi connectivity index (χ0v) is 12.6. The molecule has 106 valence electrons. The first-order chi connectivity index (χ1) is 10.8. The molecule has 2 aromatic carbocycles. The fourth-order valence-electron chi connectivity index (χ4n) is 2.70. The number of aromatic nitrogens is 1. The lowest BCUT2D eigenvalue weighted by Gasteiger charge is -2.06. The van der Waals surface area contributed by atoms with Crippen molar-refractivity contribution in [2.45, 2.75) is 6.54 Å². The van der Waals surface area contributed by atoms with Gasteiger partial charge in [0, 0.05) is 34.0 Å². The average molecular weight is 303 g/mol. The number of benzene rings is 2. The molecule has 2 aromatic heterocycles. The molecular formula is C18H13N3S. The summed E-state index contributed by atoms with van der Waals surface area (Å²) in [7, 11) is 0. The number of hydrogen-bond donors (Lipinski definition) is 2. The van der Waals surface area contributed by atoms with Gasteiger partial charge in [0.2, 0.25) is 0 Å². The van der Waals surface area contributed by atoms with Gasteiger partial charge < -0.3 is 10.3 Å². The van der Waals surface area contributed by atoms with Gasteiger partial charge in [-0.05, 0) is 40.6 Å². The van der Waals surface area contributed by atoms with E-state index in [-0.39, 0.29) is 0 Å². The van der Waals surface area contributed by atoms with E-state index in [0.717, 1.165) is 23.1 Å². The molecule has 0 atom stereocenters. The standard InChI is InChI=1S/C18H13N3S/c19-8-12-9-21-17-7-14(5-6-15(12)17)20-10-13-11-22-18-4-2-1-3-16(13)18/h1-7,9,11,20-21H,10H2. The van der Waals surface area contributed by atoms with E-state index in [0.29, 0.717) is 5.56 Å². The fraction of sp³-hybridized carbons (Fsp3) is 0.0556. The molecule has 0 aliphatic rings. The molecule has 0 amide bonds. The third-order valence-electron chi connectivity index (χ3n) is 3.85. The summed E-state index contributed by atoms with van der Waals surface area (Å²) in [5, 5.41) is 17.0. The van der Waals surface area contributed by atoms with E-state index in [9.17, 15) is 0 Å². The average Bonchev–Trinajstić information content (AvgIpc) is 3.16. The van der Waals surface area contributed by atoms with Gasteiger partial charge in [-0.1, -0.05) is 18.2 Å². The van der Waals surface area contributed by atoms with Crippen LogP contribution in [0.5, 0.6) is 0 Å². The first-order valence-electron chi connectivity index (χ1n) is 7.05. The van der Waals surface area contributed by atoms with Crippen molar-refractivity contribution in [1.82, 2.24) is 4.98 Å². The van der Waals surface area contributed by atoms with E-state index in [2.05, 4.69) is 46.0 Å². The molecule has 4 rings (SSSR count). The lowest BCUT2D eigenvalue weighted by Crippen LogP contribution is -1.98. The fourth-order valence-corrected chi connectivity index (χ4v) is 3.66. The molecule has 4 aromatic rings. The molecule has 4 heteroatoms. The Morgan fingerprint density at radius 2 is 2.05 bits per heavy atom. The Morgan fingerprint density at radius 3 is 2.95 bits per heavy atom. The molecular weight excluding hydrogens is 290 g/mol. The van der Waals surface area contributed by atoms with Crippen molar-refractivity contribution >= 4 is 38.0 Å². The molecule has 0 aliphatic heterocycles. The van der Waals surface area contributed by atoms with Crippen molar-refractivity contribution in [2.24, 2.45) is 0 Å². The Morgan fingerprint density at radius 1 is 1.14 bits per heavy atom. The maximum Gasteiger partial charge on any atom is 0.101 e. The van der Waals surface area contributed by atoms with Gasteiger partial charge >= 0.3 is 0 Å². The van der Waals surface area contributed by atoms with Gasteiger partial charge in [-0.2, -0.15) is 5.26 Å². The second kappa shape index (κ2) is 5.21. The number of hydrogen-bond acceptors (Lipinski definition) is 3. The highest BCUT2D eigenvalue weighted by atomic mass is 32.1. The van der Waals surface area contributed by atoms with Gasteiger partial charge in [-0.3, -0.25) is 0 Å². The highest BCUT2D eigenvalue weighted by Crippen LogP contribution is 2.27. The summed E-state index contributed by atoms with van der Waals surface area (Å²) < 4.78 is 1.32. The Bertz CT molecular complexity index is 1000. The van der Waals surface area contributed by atoms with Crippen molar-refractivity contribution in [1.29, 1.82) is 5.26 Å². The minimum atomic E-state index is 0.686. The number of nitrogens with zero attached hydrogens (tertiary/aromatic N) is 1. The van der Waals surface area contributed by atoms with Crippen LogP contribution in [0.1, 0.15) is 11.1 Å². The van der Waals surface area contributed by atoms with Crippen LogP contribution < -0.4 is 5.32 Å². The minimum Gasteiger partial charge on any atom is -0.381 e. The molecule has 0 saturated carbocycles. The van der Waals surface area contributed by atoms with Crippen LogP contribution in [0.2, 0.25) is 0 Å². The Kier molecular flexibility index (Phi) is 3.06. The van der Waals surface area contributed by atoms with Crippen molar-refractivity contribution in [3.63, 3.8) is 0 Å². The summed E-state index contributed by atoms with van der Waals surface area (Å²) in [4.78, 5) is 3.14. The van der Waals surface area contributed by atoms with Crippen LogP contribution in [0.3, 0.4) is 0 Å². The number of thiophene rings is 1. The van der Waals surface area contributed by atoms with Gasteiger partial charge in [-0.15, -0.1) is 11.3 Å². The van der Waals surface area contributed by atoms with Crippen molar-refractivity contribution in [2.75, 3.05) is 5.32 Å². The van der Waals surface area contributed by atoms with Crippen LogP contribution in [-0.2, 0) is 6.54 Å². The summed E-state index contributed by atoms with van der Waals surface area (Å²) in [6, 6.07) is 16.7. The number of fused-ring (bicyclic) bond motifs is 2. The molecule has 0 fully saturated rings. The maximum atomic E-state index is 9.04. The third kappa shape index (κ3) is 2.12. The third-order valence-corrected chi connectivity index (χ3v) is 4.86. The quantitative estimate of drug-likeness (QED) is 0.567. The highest BCUT2D eigenvalue weighted by molar-refractivity contribution is 7.17. The monoisotopic (exact) mass is 303 g/mol. The van der Waals surface area contributed by atoms with Crippen molar-refractivity contribution in [3.8, 4) is 6.07 Å². The van der Waals surface area contributed by atoms with E-state index in [1.165, 1.54) is 15.6 Å². The van der Waals surface area contributed by atoms with E-state index >= 15 is 0 Å². The van der Waals surface area contributed by atoms with Gasteiger partial charge in [-0.25, -0.2) is 0 Å². The van der Waals surface area contributed by atoms with Crippen molar-refractivity contribution in [3.05, 3.63) is 65.2 Å². The lowest BCUT2D eigenvalue weighted by molar-refractivity contribution is 1.18. The SMILES string of the molecule is N#Cc1c[nH]c2cc(NCc3csc4ccccc34)ccc12. The molecule has 22 heavy (non-hydrogen) atoms. The molecule has 0 bridgehead atoms. The summed E-state index contributed by atoms with van der Waals surface area (Å²) in [5.74, 6) is 0. The molecule has 0 aliphatic carbocycles. The number of nitriles is 1. The molecule has 2 heterocycles. The Balaban J connectivity index is 1.60. The summed E-state index contributed by atoms with van der Waals surface area (Å²) >= 11 is 1.78. The van der Waals surface area contributed by atoms with Crippen LogP contribution in [0.15, 0.2) is 54.0 Å². The highest BCUT2D eigenvalue weighted by Gasteiger charge is 2.05. The number of aromatic amines is 1. The second-order valence-electron chi connectivity index (χ2n) is 5.19. The minimum absolute atomic E-state index is 0.686. The van der Waals surface area contributed by atoms with Crippen LogP contribution in [0.25, 0.3) is 21.0 Å². The maximum absolute atomic E-state index is 9.04. The molecule has 0 saturated heterocycles. The number of rotatable bonds is 3. The molecule has 0 unspecified atom stereocenters. The van der Waals surface area contributed by atoms with Crippen molar-refractivity contribution < 1.29 is 0 Å². The molecule has 2 N–H and O–H groups in total. The summed E-state index contributed by atoms with van der Waals surface area (Å²) in [6.07, 6.45) is 1.75. The normalized spacial score (nSPS) is 10.9. The van der Waals surface area contributed by atoms with Crippen LogP contribution in [-0.4, -0.2) is 4.98 Å². The van der Waals surface area contributed by atoms with E-state index < -0.39 is 0 Å². The van der Waals surface area contributed by atoms with Gasteiger partial charge in [0.25, 0.3) is 0 Å². The van der Waals surface area contributed by atoms with E-state index in [1.807, 2.05) is 18.2 Å². The largest absolute Gasteiger partial charge is 0.381 e. The van der Waals surface area contributed by atoms with E-state index in [4.69, 9.17) is 5.26 Å². The topological polar surface area (TPSA) is 51.6 Å². The van der Waals surface area contributed by atoms with Crippen LogP contribution in [0, 0.1) is 11.3 Å². The Hall–Kier alpha value is -2.77. The zero-order valence-electron chi connectivity index (χ0n) is 11.8. The number of anilines is 1.